The van der Waals surface area contributed by atoms with Gasteiger partial charge in [0.1, 0.15) is 5.03 Å². The third-order valence-corrected chi connectivity index (χ3v) is 7.12. The number of hydrogen-bond donors (Lipinski definition) is 1. The van der Waals surface area contributed by atoms with Crippen molar-refractivity contribution in [3.05, 3.63) is 59.8 Å². The van der Waals surface area contributed by atoms with Crippen LogP contribution in [0, 0.1) is 6.92 Å². The normalized spacial score (nSPS) is 16.4. The molecule has 1 aromatic heterocycles. The van der Waals surface area contributed by atoms with Crippen LogP contribution in [0.3, 0.4) is 0 Å². The predicted octanol–water partition coefficient (Wildman–Crippen LogP) is 4.02. The number of anilines is 4. The summed E-state index contributed by atoms with van der Waals surface area (Å²) in [6, 6.07) is 14.1. The van der Waals surface area contributed by atoms with E-state index in [1.807, 2.05) is 24.3 Å². The summed E-state index contributed by atoms with van der Waals surface area (Å²) in [6.45, 7) is 6.35. The lowest BCUT2D eigenvalue weighted by atomic mass is 10.1. The average molecular weight is 447 g/mol. The summed E-state index contributed by atoms with van der Waals surface area (Å²) in [5.74, 6) is 0.471. The van der Waals surface area contributed by atoms with Crippen molar-refractivity contribution in [1.82, 2.24) is 14.9 Å². The third kappa shape index (κ3) is 3.91. The lowest BCUT2D eigenvalue weighted by molar-refractivity contribution is 0.0990. The van der Waals surface area contributed by atoms with Gasteiger partial charge in [-0.15, -0.1) is 0 Å². The smallest absolute Gasteiger partial charge is 0.259 e. The van der Waals surface area contributed by atoms with Gasteiger partial charge in [0.15, 0.2) is 0 Å². The number of amides is 1. The Kier molecular flexibility index (Phi) is 5.48. The first-order chi connectivity index (χ1) is 15.5. The van der Waals surface area contributed by atoms with Crippen molar-refractivity contribution in [1.29, 1.82) is 0 Å². The Morgan fingerprint density at radius 1 is 1.03 bits per heavy atom. The summed E-state index contributed by atoms with van der Waals surface area (Å²) in [6.07, 6.45) is 1.72. The van der Waals surface area contributed by atoms with Gasteiger partial charge in [0.25, 0.3) is 5.91 Å². The summed E-state index contributed by atoms with van der Waals surface area (Å²) < 4.78 is 0. The first-order valence-corrected chi connectivity index (χ1v) is 11.5. The second kappa shape index (κ2) is 8.44. The molecule has 5 rings (SSSR count). The van der Waals surface area contributed by atoms with Gasteiger partial charge in [0, 0.05) is 49.5 Å². The SMILES string of the molecule is Cc1cc(N2CCN(C)CC2)ccc1Nc1ncc2c(n1)Sc1ccccc1C(=O)N2C. The first-order valence-electron chi connectivity index (χ1n) is 10.7. The standard InChI is InChI=1S/C24H26N6OS/c1-16-14-17(30-12-10-28(2)11-13-30)8-9-19(16)26-24-25-15-20-22(27-24)32-21-7-5-4-6-18(21)23(31)29(20)3/h4-9,14-15H,10-13H2,1-3H3,(H,25,26,27). The van der Waals surface area contributed by atoms with E-state index in [-0.39, 0.29) is 5.91 Å². The molecule has 3 heterocycles. The maximum Gasteiger partial charge on any atom is 0.259 e. The number of hydrogen-bond acceptors (Lipinski definition) is 7. The quantitative estimate of drug-likeness (QED) is 0.610. The Labute approximate surface area is 192 Å². The predicted molar refractivity (Wildman–Crippen MR) is 130 cm³/mol. The van der Waals surface area contributed by atoms with Gasteiger partial charge in [-0.1, -0.05) is 23.9 Å². The molecule has 164 valence electrons. The lowest BCUT2D eigenvalue weighted by Crippen LogP contribution is -2.44. The molecular formula is C24H26N6OS. The number of nitrogens with zero attached hydrogens (tertiary/aromatic N) is 5. The van der Waals surface area contributed by atoms with E-state index in [1.165, 1.54) is 17.4 Å². The molecule has 7 nitrogen and oxygen atoms in total. The van der Waals surface area contributed by atoms with E-state index in [0.29, 0.717) is 17.2 Å². The number of carbonyl (C=O) groups excluding carboxylic acids is 1. The number of rotatable bonds is 3. The van der Waals surface area contributed by atoms with E-state index in [4.69, 9.17) is 4.98 Å². The molecule has 1 amide bonds. The van der Waals surface area contributed by atoms with Crippen molar-refractivity contribution < 1.29 is 4.79 Å². The van der Waals surface area contributed by atoms with Crippen LogP contribution in [0.4, 0.5) is 23.0 Å². The molecule has 8 heteroatoms. The molecule has 0 aliphatic carbocycles. The highest BCUT2D eigenvalue weighted by Gasteiger charge is 2.26. The molecular weight excluding hydrogens is 420 g/mol. The molecule has 0 unspecified atom stereocenters. The molecule has 1 fully saturated rings. The molecule has 2 aromatic carbocycles. The van der Waals surface area contributed by atoms with Crippen LogP contribution < -0.4 is 15.1 Å². The van der Waals surface area contributed by atoms with Gasteiger partial charge < -0.3 is 20.0 Å². The zero-order valence-corrected chi connectivity index (χ0v) is 19.3. The minimum atomic E-state index is -0.0495. The van der Waals surface area contributed by atoms with Crippen LogP contribution in [0.1, 0.15) is 15.9 Å². The van der Waals surface area contributed by atoms with E-state index in [1.54, 1.807) is 18.1 Å². The van der Waals surface area contributed by atoms with Crippen molar-refractivity contribution in [3.63, 3.8) is 0 Å². The molecule has 0 saturated carbocycles. The van der Waals surface area contributed by atoms with E-state index < -0.39 is 0 Å². The summed E-state index contributed by atoms with van der Waals surface area (Å²) in [7, 11) is 3.93. The Balaban J connectivity index is 1.40. The van der Waals surface area contributed by atoms with Gasteiger partial charge >= 0.3 is 0 Å². The molecule has 0 atom stereocenters. The fourth-order valence-corrected chi connectivity index (χ4v) is 5.07. The maximum atomic E-state index is 12.8. The molecule has 32 heavy (non-hydrogen) atoms. The number of benzene rings is 2. The number of aryl methyl sites for hydroxylation is 1. The van der Waals surface area contributed by atoms with Crippen LogP contribution in [0.2, 0.25) is 0 Å². The van der Waals surface area contributed by atoms with Crippen LogP contribution in [-0.4, -0.2) is 61.0 Å². The fraction of sp³-hybridized carbons (Fsp3) is 0.292. The number of piperazine rings is 1. The van der Waals surface area contributed by atoms with Gasteiger partial charge in [-0.25, -0.2) is 9.97 Å². The number of aromatic nitrogens is 2. The van der Waals surface area contributed by atoms with Crippen LogP contribution in [0.15, 0.2) is 58.6 Å². The summed E-state index contributed by atoms with van der Waals surface area (Å²) in [4.78, 5) is 29.4. The fourth-order valence-electron chi connectivity index (χ4n) is 4.02. The Hall–Kier alpha value is -3.10. The molecule has 2 aliphatic rings. The lowest BCUT2D eigenvalue weighted by Gasteiger charge is -2.34. The summed E-state index contributed by atoms with van der Waals surface area (Å²) in [5, 5.41) is 4.12. The molecule has 0 radical (unpaired) electrons. The molecule has 1 N–H and O–H groups in total. The van der Waals surface area contributed by atoms with Crippen molar-refractivity contribution in [3.8, 4) is 0 Å². The highest BCUT2D eigenvalue weighted by molar-refractivity contribution is 7.99. The Morgan fingerprint density at radius 2 is 1.81 bits per heavy atom. The molecule has 0 spiro atoms. The topological polar surface area (TPSA) is 64.6 Å². The number of carbonyl (C=O) groups is 1. The number of likely N-dealkylation sites (N-methyl/N-ethyl adjacent to an activating group) is 1. The first kappa shape index (κ1) is 20.8. The van der Waals surface area contributed by atoms with Gasteiger partial charge in [0.05, 0.1) is 17.4 Å². The van der Waals surface area contributed by atoms with Gasteiger partial charge in [-0.05, 0) is 49.9 Å². The zero-order chi connectivity index (χ0) is 22.2. The van der Waals surface area contributed by atoms with Crippen LogP contribution in [-0.2, 0) is 0 Å². The minimum Gasteiger partial charge on any atom is -0.369 e. The molecule has 2 aliphatic heterocycles. The van der Waals surface area contributed by atoms with E-state index in [2.05, 4.69) is 52.3 Å². The minimum absolute atomic E-state index is 0.0495. The molecule has 0 bridgehead atoms. The molecule has 1 saturated heterocycles. The highest BCUT2D eigenvalue weighted by Crippen LogP contribution is 2.39. The van der Waals surface area contributed by atoms with Crippen molar-refractivity contribution in [2.75, 3.05) is 55.4 Å². The summed E-state index contributed by atoms with van der Waals surface area (Å²) >= 11 is 1.50. The highest BCUT2D eigenvalue weighted by atomic mass is 32.2. The van der Waals surface area contributed by atoms with Crippen LogP contribution >= 0.6 is 11.8 Å². The number of nitrogens with one attached hydrogen (secondary N) is 1. The van der Waals surface area contributed by atoms with Gasteiger partial charge in [0.2, 0.25) is 5.95 Å². The van der Waals surface area contributed by atoms with Crippen molar-refractivity contribution >= 4 is 40.7 Å². The average Bonchev–Trinajstić information content (AvgIpc) is 2.90. The largest absolute Gasteiger partial charge is 0.369 e. The van der Waals surface area contributed by atoms with E-state index in [0.717, 1.165) is 47.4 Å². The van der Waals surface area contributed by atoms with Crippen molar-refractivity contribution in [2.45, 2.75) is 16.8 Å². The second-order valence-electron chi connectivity index (χ2n) is 8.26. The Morgan fingerprint density at radius 3 is 2.59 bits per heavy atom. The number of fused-ring (bicyclic) bond motifs is 2. The maximum absolute atomic E-state index is 12.8. The van der Waals surface area contributed by atoms with Gasteiger partial charge in [-0.3, -0.25) is 4.79 Å². The summed E-state index contributed by atoms with van der Waals surface area (Å²) in [5.41, 5.74) is 4.76. The van der Waals surface area contributed by atoms with Gasteiger partial charge in [-0.2, -0.15) is 0 Å². The van der Waals surface area contributed by atoms with Crippen molar-refractivity contribution in [2.24, 2.45) is 0 Å². The molecule has 3 aromatic rings. The second-order valence-corrected chi connectivity index (χ2v) is 9.29. The third-order valence-electron chi connectivity index (χ3n) is 6.05. The van der Waals surface area contributed by atoms with E-state index in [9.17, 15) is 4.79 Å². The monoisotopic (exact) mass is 446 g/mol. The van der Waals surface area contributed by atoms with Crippen LogP contribution in [0.25, 0.3) is 0 Å². The Bertz CT molecular complexity index is 1170. The zero-order valence-electron chi connectivity index (χ0n) is 18.5. The van der Waals surface area contributed by atoms with E-state index >= 15 is 0 Å². The van der Waals surface area contributed by atoms with Crippen LogP contribution in [0.5, 0.6) is 0 Å².